The van der Waals surface area contributed by atoms with E-state index in [1.807, 2.05) is 56.0 Å². The molecule has 2 unspecified atom stereocenters. The van der Waals surface area contributed by atoms with Crippen molar-refractivity contribution in [2.24, 2.45) is 0 Å². The zero-order chi connectivity index (χ0) is 19.7. The summed E-state index contributed by atoms with van der Waals surface area (Å²) < 4.78 is 29.2. The molecule has 1 amide bonds. The van der Waals surface area contributed by atoms with Crippen molar-refractivity contribution >= 4 is 15.9 Å². The van der Waals surface area contributed by atoms with Crippen molar-refractivity contribution in [3.8, 4) is 0 Å². The molecule has 150 valence electrons. The molecule has 6 nitrogen and oxygen atoms in total. The third-order valence-corrected chi connectivity index (χ3v) is 7.10. The van der Waals surface area contributed by atoms with E-state index in [0.29, 0.717) is 19.5 Å². The summed E-state index contributed by atoms with van der Waals surface area (Å²) >= 11 is 0. The number of carbonyl (C=O) groups is 1. The lowest BCUT2D eigenvalue weighted by Crippen LogP contribution is -2.53. The van der Waals surface area contributed by atoms with Crippen molar-refractivity contribution in [3.63, 3.8) is 0 Å². The Hall–Kier alpha value is -1.60. The Morgan fingerprint density at radius 1 is 1.30 bits per heavy atom. The van der Waals surface area contributed by atoms with Gasteiger partial charge in [-0.05, 0) is 45.6 Å². The summed E-state index contributed by atoms with van der Waals surface area (Å²) in [5.74, 6) is 0.406. The Morgan fingerprint density at radius 3 is 2.59 bits per heavy atom. The summed E-state index contributed by atoms with van der Waals surface area (Å²) in [7, 11) is -2.95. The minimum absolute atomic E-state index is 0.0586. The third kappa shape index (κ3) is 4.63. The third-order valence-electron chi connectivity index (χ3n) is 5.33. The Balaban J connectivity index is 1.85. The van der Waals surface area contributed by atoms with Gasteiger partial charge in [0.15, 0.2) is 9.84 Å². The first-order valence-electron chi connectivity index (χ1n) is 9.61. The average Bonchev–Trinajstić information content (AvgIpc) is 3.16. The second-order valence-electron chi connectivity index (χ2n) is 8.61. The zero-order valence-electron chi connectivity index (χ0n) is 16.4. The fraction of sp³-hybridized carbons (Fsp3) is 0.650. The lowest BCUT2D eigenvalue weighted by Gasteiger charge is -2.40. The predicted molar refractivity (Wildman–Crippen MR) is 105 cm³/mol. The van der Waals surface area contributed by atoms with Crippen LogP contribution in [0.25, 0.3) is 0 Å². The maximum atomic E-state index is 12.9. The number of rotatable bonds is 4. The Morgan fingerprint density at radius 2 is 2.00 bits per heavy atom. The number of ether oxygens (including phenoxy) is 1. The zero-order valence-corrected chi connectivity index (χ0v) is 17.2. The van der Waals surface area contributed by atoms with Crippen LogP contribution in [0.4, 0.5) is 4.79 Å². The number of sulfone groups is 1. The van der Waals surface area contributed by atoms with E-state index >= 15 is 0 Å². The van der Waals surface area contributed by atoms with Crippen LogP contribution in [0, 0.1) is 0 Å². The molecule has 2 fully saturated rings. The second kappa shape index (κ2) is 7.43. The van der Waals surface area contributed by atoms with E-state index in [0.717, 1.165) is 18.4 Å². The van der Waals surface area contributed by atoms with E-state index in [2.05, 4.69) is 5.32 Å². The van der Waals surface area contributed by atoms with Crippen LogP contribution in [0.1, 0.15) is 45.6 Å². The molecule has 2 atom stereocenters. The molecule has 1 N–H and O–H groups in total. The number of likely N-dealkylation sites (tertiary alicyclic amines) is 1. The number of nitrogens with one attached hydrogen (secondary N) is 1. The molecule has 2 aliphatic rings. The van der Waals surface area contributed by atoms with E-state index in [4.69, 9.17) is 4.74 Å². The number of amides is 1. The summed E-state index contributed by atoms with van der Waals surface area (Å²) in [5, 5.41) is 3.44. The summed E-state index contributed by atoms with van der Waals surface area (Å²) in [5.41, 5.74) is -0.0212. The van der Waals surface area contributed by atoms with Gasteiger partial charge in [-0.15, -0.1) is 0 Å². The SMILES string of the molecule is CC(C)(C)OC(=O)N1CCCC1(CNC1CCS(=O)(=O)C1)c1ccccc1. The molecule has 0 saturated carbocycles. The fourth-order valence-electron chi connectivity index (χ4n) is 4.07. The maximum Gasteiger partial charge on any atom is 0.411 e. The van der Waals surface area contributed by atoms with Crippen LogP contribution in [0.2, 0.25) is 0 Å². The highest BCUT2D eigenvalue weighted by Crippen LogP contribution is 2.39. The molecule has 1 aromatic rings. The van der Waals surface area contributed by atoms with E-state index in [1.165, 1.54) is 0 Å². The number of benzene rings is 1. The first-order valence-corrected chi connectivity index (χ1v) is 11.4. The highest BCUT2D eigenvalue weighted by molar-refractivity contribution is 7.91. The van der Waals surface area contributed by atoms with Gasteiger partial charge in [-0.2, -0.15) is 0 Å². The normalized spacial score (nSPS) is 27.7. The Bertz CT molecular complexity index is 773. The highest BCUT2D eigenvalue weighted by Gasteiger charge is 2.47. The van der Waals surface area contributed by atoms with Crippen LogP contribution in [0.5, 0.6) is 0 Å². The quantitative estimate of drug-likeness (QED) is 0.850. The Labute approximate surface area is 162 Å². The van der Waals surface area contributed by atoms with Crippen LogP contribution in [-0.2, 0) is 20.1 Å². The second-order valence-corrected chi connectivity index (χ2v) is 10.8. The largest absolute Gasteiger partial charge is 0.444 e. The molecule has 0 spiro atoms. The van der Waals surface area contributed by atoms with Crippen molar-refractivity contribution in [2.45, 2.75) is 57.2 Å². The molecule has 0 aromatic heterocycles. The number of hydrogen-bond donors (Lipinski definition) is 1. The van der Waals surface area contributed by atoms with Gasteiger partial charge in [0, 0.05) is 19.1 Å². The molecule has 3 rings (SSSR count). The summed E-state index contributed by atoms with van der Waals surface area (Å²) in [6, 6.07) is 9.93. The van der Waals surface area contributed by atoms with Crippen LogP contribution in [0.3, 0.4) is 0 Å². The van der Waals surface area contributed by atoms with E-state index < -0.39 is 21.0 Å². The standard InChI is InChI=1S/C20H30N2O4S/c1-19(2,3)26-18(23)22-12-7-11-20(22,16-8-5-4-6-9-16)15-21-17-10-13-27(24,25)14-17/h4-6,8-9,17,21H,7,10-15H2,1-3H3. The molecular formula is C20H30N2O4S. The Kier molecular flexibility index (Phi) is 5.54. The smallest absolute Gasteiger partial charge is 0.411 e. The molecule has 0 radical (unpaired) electrons. The number of hydrogen-bond acceptors (Lipinski definition) is 5. The lowest BCUT2D eigenvalue weighted by atomic mass is 9.86. The molecule has 7 heteroatoms. The topological polar surface area (TPSA) is 75.7 Å². The number of nitrogens with zero attached hydrogens (tertiary/aromatic N) is 1. The summed E-state index contributed by atoms with van der Waals surface area (Å²) in [6.07, 6.45) is 2.02. The first kappa shape index (κ1) is 20.1. The van der Waals surface area contributed by atoms with Crippen LogP contribution in [-0.4, -0.2) is 55.6 Å². The molecule has 1 aromatic carbocycles. The molecule has 2 saturated heterocycles. The monoisotopic (exact) mass is 394 g/mol. The lowest BCUT2D eigenvalue weighted by molar-refractivity contribution is 0.00645. The number of carbonyl (C=O) groups excluding carboxylic acids is 1. The summed E-state index contributed by atoms with van der Waals surface area (Å²) in [4.78, 5) is 14.8. The molecule has 2 aliphatic heterocycles. The van der Waals surface area contributed by atoms with Crippen molar-refractivity contribution in [3.05, 3.63) is 35.9 Å². The van der Waals surface area contributed by atoms with Crippen molar-refractivity contribution < 1.29 is 17.9 Å². The predicted octanol–water partition coefficient (Wildman–Crippen LogP) is 2.69. The molecule has 0 bridgehead atoms. The molecular weight excluding hydrogens is 364 g/mol. The van der Waals surface area contributed by atoms with E-state index in [1.54, 1.807) is 0 Å². The van der Waals surface area contributed by atoms with Crippen LogP contribution in [0.15, 0.2) is 30.3 Å². The van der Waals surface area contributed by atoms with Gasteiger partial charge in [-0.25, -0.2) is 13.2 Å². The molecule has 2 heterocycles. The fourth-order valence-corrected chi connectivity index (χ4v) is 5.77. The summed E-state index contributed by atoms with van der Waals surface area (Å²) in [6.45, 7) is 6.76. The average molecular weight is 395 g/mol. The van der Waals surface area contributed by atoms with Crippen molar-refractivity contribution in [2.75, 3.05) is 24.6 Å². The molecule has 27 heavy (non-hydrogen) atoms. The van der Waals surface area contributed by atoms with Crippen LogP contribution >= 0.6 is 0 Å². The van der Waals surface area contributed by atoms with Gasteiger partial charge in [0.1, 0.15) is 5.60 Å². The molecule has 0 aliphatic carbocycles. The van der Waals surface area contributed by atoms with Crippen molar-refractivity contribution in [1.82, 2.24) is 10.2 Å². The van der Waals surface area contributed by atoms with E-state index in [-0.39, 0.29) is 23.6 Å². The first-order chi connectivity index (χ1) is 12.6. The van der Waals surface area contributed by atoms with Crippen molar-refractivity contribution in [1.29, 1.82) is 0 Å². The van der Waals surface area contributed by atoms with Gasteiger partial charge in [0.25, 0.3) is 0 Å². The van der Waals surface area contributed by atoms with Gasteiger partial charge in [0.2, 0.25) is 0 Å². The minimum atomic E-state index is -2.95. The van der Waals surface area contributed by atoms with Gasteiger partial charge < -0.3 is 10.1 Å². The van der Waals surface area contributed by atoms with Crippen LogP contribution < -0.4 is 5.32 Å². The highest BCUT2D eigenvalue weighted by atomic mass is 32.2. The van der Waals surface area contributed by atoms with Gasteiger partial charge in [-0.3, -0.25) is 4.90 Å². The van der Waals surface area contributed by atoms with Gasteiger partial charge in [-0.1, -0.05) is 30.3 Å². The van der Waals surface area contributed by atoms with Gasteiger partial charge >= 0.3 is 6.09 Å². The van der Waals surface area contributed by atoms with Gasteiger partial charge in [0.05, 0.1) is 17.0 Å². The minimum Gasteiger partial charge on any atom is -0.444 e. The maximum absolute atomic E-state index is 12.9. The van der Waals surface area contributed by atoms with E-state index in [9.17, 15) is 13.2 Å².